The second kappa shape index (κ2) is 27.5. The van der Waals surface area contributed by atoms with Crippen molar-refractivity contribution >= 4 is 0 Å². The smallest absolute Gasteiger partial charge is 0.0810 e. The van der Waals surface area contributed by atoms with E-state index in [1.165, 1.54) is 193 Å². The number of unbranched alkanes of at least 4 members (excludes halogenated alkanes) is 28. The highest BCUT2D eigenvalue weighted by atomic mass is 16.6. The van der Waals surface area contributed by atoms with Crippen LogP contribution in [-0.4, -0.2) is 12.7 Å². The third-order valence-electron chi connectivity index (χ3n) is 8.03. The van der Waals surface area contributed by atoms with Crippen LogP contribution in [0.5, 0.6) is 0 Å². The first-order chi connectivity index (χ1) is 16.9. The molecule has 0 aromatic rings. The summed E-state index contributed by atoms with van der Waals surface area (Å²) in [5, 5.41) is 0. The van der Waals surface area contributed by atoms with Crippen molar-refractivity contribution in [2.75, 3.05) is 6.61 Å². The molecule has 34 heavy (non-hydrogen) atoms. The third-order valence-corrected chi connectivity index (χ3v) is 8.03. The summed E-state index contributed by atoms with van der Waals surface area (Å²) in [6.45, 7) is 3.35. The van der Waals surface area contributed by atoms with Crippen LogP contribution in [0.1, 0.15) is 200 Å². The standard InChI is InChI=1S/C33H66O/c1-2-3-4-5-6-7-8-9-10-11-12-13-14-15-16-17-18-19-20-21-22-23-24-25-26-27-28-29-30-31-33-32-34-33/h33H,2-32H2,1H3. The molecule has 1 atom stereocenters. The second-order valence-electron chi connectivity index (χ2n) is 11.6. The summed E-state index contributed by atoms with van der Waals surface area (Å²) in [7, 11) is 0. The lowest BCUT2D eigenvalue weighted by molar-refractivity contribution is 0.387. The summed E-state index contributed by atoms with van der Waals surface area (Å²) in [6.07, 6.45) is 44.7. The van der Waals surface area contributed by atoms with E-state index in [4.69, 9.17) is 4.74 Å². The van der Waals surface area contributed by atoms with Crippen LogP contribution < -0.4 is 0 Å². The zero-order chi connectivity index (χ0) is 24.2. The Morgan fingerprint density at radius 2 is 0.559 bits per heavy atom. The zero-order valence-electron chi connectivity index (χ0n) is 23.9. The third kappa shape index (κ3) is 26.6. The highest BCUT2D eigenvalue weighted by Gasteiger charge is 2.20. The average Bonchev–Trinajstić information content (AvgIpc) is 3.67. The monoisotopic (exact) mass is 479 g/mol. The van der Waals surface area contributed by atoms with Crippen molar-refractivity contribution < 1.29 is 4.74 Å². The van der Waals surface area contributed by atoms with E-state index in [0.29, 0.717) is 6.10 Å². The van der Waals surface area contributed by atoms with Crippen LogP contribution in [0.25, 0.3) is 0 Å². The van der Waals surface area contributed by atoms with Gasteiger partial charge in [-0.3, -0.25) is 0 Å². The van der Waals surface area contributed by atoms with Gasteiger partial charge in [0, 0.05) is 0 Å². The molecule has 1 unspecified atom stereocenters. The number of rotatable bonds is 30. The minimum atomic E-state index is 0.647. The predicted molar refractivity (Wildman–Crippen MR) is 154 cm³/mol. The minimum absolute atomic E-state index is 0.647. The Kier molecular flexibility index (Phi) is 25.9. The maximum absolute atomic E-state index is 5.27. The summed E-state index contributed by atoms with van der Waals surface area (Å²) in [5.74, 6) is 0. The van der Waals surface area contributed by atoms with E-state index in [-0.39, 0.29) is 0 Å². The van der Waals surface area contributed by atoms with E-state index >= 15 is 0 Å². The molecule has 0 aromatic carbocycles. The first-order valence-corrected chi connectivity index (χ1v) is 16.5. The quantitative estimate of drug-likeness (QED) is 0.0738. The first kappa shape index (κ1) is 32.0. The van der Waals surface area contributed by atoms with Gasteiger partial charge < -0.3 is 4.74 Å². The molecular formula is C33H66O. The van der Waals surface area contributed by atoms with Crippen LogP contribution >= 0.6 is 0 Å². The molecular weight excluding hydrogens is 412 g/mol. The van der Waals surface area contributed by atoms with E-state index in [1.54, 1.807) is 0 Å². The Morgan fingerprint density at radius 1 is 0.353 bits per heavy atom. The van der Waals surface area contributed by atoms with E-state index < -0.39 is 0 Å². The lowest BCUT2D eigenvalue weighted by atomic mass is 10.0. The van der Waals surface area contributed by atoms with E-state index in [2.05, 4.69) is 6.92 Å². The molecule has 0 aromatic heterocycles. The van der Waals surface area contributed by atoms with Gasteiger partial charge >= 0.3 is 0 Å². The van der Waals surface area contributed by atoms with Crippen molar-refractivity contribution in [3.05, 3.63) is 0 Å². The molecule has 0 aliphatic carbocycles. The Morgan fingerprint density at radius 3 is 0.765 bits per heavy atom. The van der Waals surface area contributed by atoms with Gasteiger partial charge in [-0.2, -0.15) is 0 Å². The van der Waals surface area contributed by atoms with Crippen molar-refractivity contribution in [3.63, 3.8) is 0 Å². The Hall–Kier alpha value is -0.0400. The summed E-state index contributed by atoms with van der Waals surface area (Å²) < 4.78 is 5.27. The number of epoxide rings is 1. The van der Waals surface area contributed by atoms with Gasteiger partial charge in [-0.1, -0.05) is 193 Å². The first-order valence-electron chi connectivity index (χ1n) is 16.5. The summed E-state index contributed by atoms with van der Waals surface area (Å²) in [4.78, 5) is 0. The molecule has 0 radical (unpaired) electrons. The van der Waals surface area contributed by atoms with Gasteiger partial charge in [0.25, 0.3) is 0 Å². The van der Waals surface area contributed by atoms with Gasteiger partial charge in [0.2, 0.25) is 0 Å². The Balaban J connectivity index is 1.58. The molecule has 1 aliphatic heterocycles. The fourth-order valence-electron chi connectivity index (χ4n) is 5.45. The van der Waals surface area contributed by atoms with Crippen molar-refractivity contribution in [1.29, 1.82) is 0 Å². The van der Waals surface area contributed by atoms with E-state index in [0.717, 1.165) is 6.61 Å². The molecule has 0 N–H and O–H groups in total. The molecule has 1 saturated heterocycles. The molecule has 0 spiro atoms. The Labute approximate surface area is 217 Å². The van der Waals surface area contributed by atoms with Crippen molar-refractivity contribution in [1.82, 2.24) is 0 Å². The van der Waals surface area contributed by atoms with Gasteiger partial charge in [-0.25, -0.2) is 0 Å². The second-order valence-corrected chi connectivity index (χ2v) is 11.6. The van der Waals surface area contributed by atoms with Gasteiger partial charge in [-0.15, -0.1) is 0 Å². The predicted octanol–water partition coefficient (Wildman–Crippen LogP) is 12.1. The number of hydrogen-bond donors (Lipinski definition) is 0. The van der Waals surface area contributed by atoms with Gasteiger partial charge in [-0.05, 0) is 6.42 Å². The SMILES string of the molecule is CCCCCCCCCCCCCCCCCCCCCCCCCCCCCCCC1CO1. The lowest BCUT2D eigenvalue weighted by Crippen LogP contribution is -1.86. The molecule has 0 saturated carbocycles. The molecule has 0 amide bonds. The molecule has 1 fully saturated rings. The molecule has 1 nitrogen and oxygen atoms in total. The summed E-state index contributed by atoms with van der Waals surface area (Å²) in [6, 6.07) is 0. The topological polar surface area (TPSA) is 12.5 Å². The number of ether oxygens (including phenoxy) is 1. The largest absolute Gasteiger partial charge is 0.373 e. The molecule has 204 valence electrons. The van der Waals surface area contributed by atoms with Gasteiger partial charge in [0.05, 0.1) is 12.7 Å². The van der Waals surface area contributed by atoms with Crippen molar-refractivity contribution in [2.24, 2.45) is 0 Å². The fourth-order valence-corrected chi connectivity index (χ4v) is 5.45. The maximum Gasteiger partial charge on any atom is 0.0810 e. The fraction of sp³-hybridized carbons (Fsp3) is 1.00. The zero-order valence-corrected chi connectivity index (χ0v) is 23.9. The van der Waals surface area contributed by atoms with Crippen LogP contribution in [0, 0.1) is 0 Å². The molecule has 1 aliphatic rings. The normalized spacial score (nSPS) is 15.3. The van der Waals surface area contributed by atoms with Crippen LogP contribution in [-0.2, 0) is 4.74 Å². The molecule has 0 bridgehead atoms. The van der Waals surface area contributed by atoms with Crippen LogP contribution in [0.2, 0.25) is 0 Å². The van der Waals surface area contributed by atoms with E-state index in [9.17, 15) is 0 Å². The average molecular weight is 479 g/mol. The van der Waals surface area contributed by atoms with Crippen LogP contribution in [0.4, 0.5) is 0 Å². The maximum atomic E-state index is 5.27. The lowest BCUT2D eigenvalue weighted by Gasteiger charge is -2.04. The van der Waals surface area contributed by atoms with Crippen LogP contribution in [0.15, 0.2) is 0 Å². The highest BCUT2D eigenvalue weighted by Crippen LogP contribution is 2.19. The number of hydrogen-bond acceptors (Lipinski definition) is 1. The minimum Gasteiger partial charge on any atom is -0.373 e. The summed E-state index contributed by atoms with van der Waals surface area (Å²) >= 11 is 0. The van der Waals surface area contributed by atoms with Crippen LogP contribution in [0.3, 0.4) is 0 Å². The molecule has 1 heterocycles. The highest BCUT2D eigenvalue weighted by molar-refractivity contribution is 4.68. The van der Waals surface area contributed by atoms with E-state index in [1.807, 2.05) is 0 Å². The molecule has 1 rings (SSSR count). The van der Waals surface area contributed by atoms with Gasteiger partial charge in [0.15, 0.2) is 0 Å². The van der Waals surface area contributed by atoms with Crippen molar-refractivity contribution in [3.8, 4) is 0 Å². The molecule has 1 heteroatoms. The summed E-state index contributed by atoms with van der Waals surface area (Å²) in [5.41, 5.74) is 0. The van der Waals surface area contributed by atoms with Crippen molar-refractivity contribution in [2.45, 2.75) is 206 Å². The Bertz CT molecular complexity index is 362. The van der Waals surface area contributed by atoms with Gasteiger partial charge in [0.1, 0.15) is 0 Å².